The Morgan fingerprint density at radius 1 is 1.00 bits per heavy atom. The molecule has 12 heteroatoms. The van der Waals surface area contributed by atoms with Gasteiger partial charge in [-0.2, -0.15) is 10.5 Å². The first kappa shape index (κ1) is 28.9. The molecule has 0 aliphatic carbocycles. The summed E-state index contributed by atoms with van der Waals surface area (Å²) in [4.78, 5) is 40.6. The van der Waals surface area contributed by atoms with Crippen LogP contribution in [-0.4, -0.2) is 53.8 Å². The summed E-state index contributed by atoms with van der Waals surface area (Å²) >= 11 is 4.60. The Morgan fingerprint density at radius 3 is 1.74 bits per heavy atom. The number of methoxy groups -OCH3 is 2. The highest BCUT2D eigenvalue weighted by molar-refractivity contribution is 6.61. The summed E-state index contributed by atoms with van der Waals surface area (Å²) in [7, 11) is 2.42. The summed E-state index contributed by atoms with van der Waals surface area (Å²) < 4.78 is 8.20. The predicted octanol–water partition coefficient (Wildman–Crippen LogP) is 1.25. The van der Waals surface area contributed by atoms with Crippen LogP contribution in [0.3, 0.4) is 0 Å². The number of carboxylic acid groups (broad SMARTS) is 2. The highest BCUT2D eigenvalue weighted by Crippen LogP contribution is 2.11. The average Bonchev–Trinajstić information content (AvgIpc) is 2.63. The van der Waals surface area contributed by atoms with Crippen LogP contribution in [-0.2, 0) is 23.9 Å². The van der Waals surface area contributed by atoms with Crippen LogP contribution < -0.4 is 5.73 Å². The van der Waals surface area contributed by atoms with Crippen molar-refractivity contribution in [3.63, 3.8) is 0 Å². The molecule has 0 bridgehead atoms. The molecule has 152 valence electrons. The van der Waals surface area contributed by atoms with Gasteiger partial charge in [0.1, 0.15) is 6.04 Å². The number of carbonyl (C=O) groups is 4. The lowest BCUT2D eigenvalue weighted by molar-refractivity contribution is -0.150. The van der Waals surface area contributed by atoms with Crippen LogP contribution in [0.15, 0.2) is 0 Å². The monoisotopic (exact) mass is 407 g/mol. The number of hydrogen-bond donors (Lipinski definition) is 3. The number of nitrogens with two attached hydrogens (primary N) is 1. The largest absolute Gasteiger partial charge is 0.481 e. The van der Waals surface area contributed by atoms with E-state index in [0.29, 0.717) is 0 Å². The third-order valence-corrected chi connectivity index (χ3v) is 2.79. The molecule has 4 N–H and O–H groups in total. The van der Waals surface area contributed by atoms with Gasteiger partial charge in [0.2, 0.25) is 0 Å². The van der Waals surface area contributed by atoms with Gasteiger partial charge >= 0.3 is 23.3 Å². The number of ether oxygens (including phenoxy) is 2. The zero-order valence-corrected chi connectivity index (χ0v) is 15.6. The molecule has 2 atom stereocenters. The van der Waals surface area contributed by atoms with Crippen molar-refractivity contribution in [3.05, 3.63) is 0 Å². The smallest absolute Gasteiger partial charge is 0.403 e. The molecular weight excluding hydrogens is 386 g/mol. The Bertz CT molecular complexity index is 556. The van der Waals surface area contributed by atoms with Gasteiger partial charge in [-0.25, -0.2) is 4.79 Å². The molecule has 0 heterocycles. The normalized spacial score (nSPS) is 10.7. The van der Waals surface area contributed by atoms with Gasteiger partial charge in [-0.05, 0) is 12.8 Å². The quantitative estimate of drug-likeness (QED) is 0.385. The fraction of sp³-hybridized carbons (Fsp3) is 0.600. The van der Waals surface area contributed by atoms with Crippen molar-refractivity contribution >= 4 is 34.9 Å². The Kier molecular flexibility index (Phi) is 20.8. The van der Waals surface area contributed by atoms with Crippen molar-refractivity contribution in [1.29, 1.82) is 10.5 Å². The summed E-state index contributed by atoms with van der Waals surface area (Å²) in [5.41, 5.74) is 4.28. The lowest BCUT2D eigenvalue weighted by atomic mass is 10.0. The van der Waals surface area contributed by atoms with Gasteiger partial charge < -0.3 is 25.4 Å². The summed E-state index contributed by atoms with van der Waals surface area (Å²) in [6.45, 7) is 0. The van der Waals surface area contributed by atoms with Crippen LogP contribution in [0.1, 0.15) is 32.1 Å². The van der Waals surface area contributed by atoms with E-state index in [-0.39, 0.29) is 32.1 Å². The van der Waals surface area contributed by atoms with Gasteiger partial charge in [0.05, 0.1) is 38.7 Å². The van der Waals surface area contributed by atoms with Crippen molar-refractivity contribution in [2.24, 2.45) is 11.7 Å². The number of rotatable bonds is 8. The average molecular weight is 408 g/mol. The summed E-state index contributed by atoms with van der Waals surface area (Å²) in [6, 6.07) is 2.75. The first-order chi connectivity index (χ1) is 12.6. The molecule has 0 aliphatic heterocycles. The van der Waals surface area contributed by atoms with Crippen molar-refractivity contribution in [3.8, 4) is 12.1 Å². The van der Waals surface area contributed by atoms with Crippen LogP contribution in [0.5, 0.6) is 0 Å². The van der Waals surface area contributed by atoms with Gasteiger partial charge in [0.25, 0.3) is 0 Å². The minimum absolute atomic E-state index is 0.133. The predicted molar refractivity (Wildman–Crippen MR) is 91.3 cm³/mol. The standard InChI is InChI=1S/C8H11NO4.C5H8N2O2.C2H3ClO2/c1-13-7(10)5-6(8(11)12)3-2-4-9;6-3-1-2-4(7)5(8)9;1-5-2(3)4/h6H,2-3,5H2,1H3,(H,11,12);4H,1-2,7H2,(H,8,9);1H3/t6-;;/m1../s1. The van der Waals surface area contributed by atoms with Crippen LogP contribution in [0.25, 0.3) is 0 Å². The van der Waals surface area contributed by atoms with E-state index in [1.54, 1.807) is 0 Å². The minimum atomic E-state index is -1.07. The Hall–Kier alpha value is -2.89. The Morgan fingerprint density at radius 2 is 1.44 bits per heavy atom. The molecule has 1 unspecified atom stereocenters. The molecule has 0 spiro atoms. The topological polar surface area (TPSA) is 201 Å². The van der Waals surface area contributed by atoms with Gasteiger partial charge in [0.15, 0.2) is 0 Å². The van der Waals surface area contributed by atoms with E-state index in [2.05, 4.69) is 21.1 Å². The first-order valence-electron chi connectivity index (χ1n) is 7.32. The molecular formula is C15H22ClN3O8. The van der Waals surface area contributed by atoms with E-state index in [0.717, 1.165) is 0 Å². The second kappa shape index (κ2) is 19.4. The number of esters is 1. The SMILES string of the molecule is COC(=O)C[C@@H](CCC#N)C(=O)O.COC(=O)Cl.N#CCCC(N)C(=O)O. The number of nitriles is 2. The number of nitrogens with zero attached hydrogens (tertiary/aromatic N) is 2. The highest BCUT2D eigenvalue weighted by Gasteiger charge is 2.20. The molecule has 27 heavy (non-hydrogen) atoms. The molecule has 0 aromatic rings. The lowest BCUT2D eigenvalue weighted by Crippen LogP contribution is -2.29. The molecule has 0 radical (unpaired) electrons. The third-order valence-electron chi connectivity index (χ3n) is 2.64. The van der Waals surface area contributed by atoms with E-state index in [1.165, 1.54) is 14.2 Å². The van der Waals surface area contributed by atoms with E-state index in [1.807, 2.05) is 12.1 Å². The van der Waals surface area contributed by atoms with E-state index < -0.39 is 35.3 Å². The molecule has 11 nitrogen and oxygen atoms in total. The lowest BCUT2D eigenvalue weighted by Gasteiger charge is -2.07. The number of aliphatic carboxylic acids is 2. The molecule has 0 saturated carbocycles. The fourth-order valence-electron chi connectivity index (χ4n) is 1.18. The summed E-state index contributed by atoms with van der Waals surface area (Å²) in [5, 5.41) is 33.0. The second-order valence-corrected chi connectivity index (χ2v) is 4.90. The fourth-order valence-corrected chi connectivity index (χ4v) is 1.18. The number of halogens is 1. The maximum atomic E-state index is 10.7. The summed E-state index contributed by atoms with van der Waals surface area (Å²) in [6.07, 6.45) is 0.571. The molecule has 0 saturated heterocycles. The van der Waals surface area contributed by atoms with Gasteiger partial charge in [-0.15, -0.1) is 0 Å². The number of carboxylic acids is 2. The minimum Gasteiger partial charge on any atom is -0.481 e. The van der Waals surface area contributed by atoms with E-state index in [4.69, 9.17) is 26.5 Å². The van der Waals surface area contributed by atoms with Gasteiger partial charge in [-0.3, -0.25) is 14.4 Å². The first-order valence-corrected chi connectivity index (χ1v) is 7.70. The molecule has 0 amide bonds. The molecule has 0 fully saturated rings. The maximum absolute atomic E-state index is 10.7. The zero-order chi connectivity index (χ0) is 21.8. The van der Waals surface area contributed by atoms with Gasteiger partial charge in [-0.1, -0.05) is 0 Å². The van der Waals surface area contributed by atoms with Crippen molar-refractivity contribution in [2.75, 3.05) is 14.2 Å². The molecule has 0 aliphatic rings. The van der Waals surface area contributed by atoms with Crippen molar-refractivity contribution in [2.45, 2.75) is 38.1 Å². The Labute approximate surface area is 161 Å². The van der Waals surface area contributed by atoms with E-state index in [9.17, 15) is 19.2 Å². The van der Waals surface area contributed by atoms with E-state index >= 15 is 0 Å². The summed E-state index contributed by atoms with van der Waals surface area (Å²) in [5.74, 6) is -3.50. The second-order valence-electron chi connectivity index (χ2n) is 4.60. The van der Waals surface area contributed by atoms with Crippen LogP contribution >= 0.6 is 11.6 Å². The third kappa shape index (κ3) is 23.1. The van der Waals surface area contributed by atoms with Crippen LogP contribution in [0.4, 0.5) is 4.79 Å². The molecule has 0 aromatic heterocycles. The number of hydrogen-bond acceptors (Lipinski definition) is 9. The van der Waals surface area contributed by atoms with Crippen LogP contribution in [0, 0.1) is 28.6 Å². The molecule has 0 rings (SSSR count). The molecule has 0 aromatic carbocycles. The maximum Gasteiger partial charge on any atom is 0.403 e. The highest BCUT2D eigenvalue weighted by atomic mass is 35.5. The van der Waals surface area contributed by atoms with Crippen molar-refractivity contribution in [1.82, 2.24) is 0 Å². The number of carbonyl (C=O) groups excluding carboxylic acids is 2. The van der Waals surface area contributed by atoms with Crippen molar-refractivity contribution < 1.29 is 38.9 Å². The zero-order valence-electron chi connectivity index (χ0n) is 14.9. The van der Waals surface area contributed by atoms with Crippen LogP contribution in [0.2, 0.25) is 0 Å². The Balaban J connectivity index is -0.000000356. The van der Waals surface area contributed by atoms with Gasteiger partial charge in [0, 0.05) is 24.4 Å².